The van der Waals surface area contributed by atoms with Gasteiger partial charge in [0, 0.05) is 55.0 Å². The molecule has 4 aromatic rings. The van der Waals surface area contributed by atoms with Gasteiger partial charge >= 0.3 is 12.2 Å². The molecule has 2 saturated carbocycles. The van der Waals surface area contributed by atoms with Crippen LogP contribution in [0.25, 0.3) is 22.1 Å². The number of nitrogens with zero attached hydrogens (tertiary/aromatic N) is 6. The first-order valence-corrected chi connectivity index (χ1v) is 21.9. The van der Waals surface area contributed by atoms with Crippen LogP contribution in [0.4, 0.5) is 9.59 Å². The van der Waals surface area contributed by atoms with E-state index < -0.39 is 40.8 Å². The van der Waals surface area contributed by atoms with Gasteiger partial charge in [0.25, 0.3) is 0 Å². The van der Waals surface area contributed by atoms with Gasteiger partial charge in [0.05, 0.1) is 16.9 Å². The second-order valence-corrected chi connectivity index (χ2v) is 18.7. The van der Waals surface area contributed by atoms with Crippen LogP contribution in [0.5, 0.6) is 0 Å². The number of hydrogen-bond acceptors (Lipinski definition) is 11. The lowest BCUT2D eigenvalue weighted by molar-refractivity contribution is -0.146. The van der Waals surface area contributed by atoms with E-state index in [4.69, 9.17) is 52.1 Å². The minimum absolute atomic E-state index is 0.0559. The molecule has 6 rings (SSSR count). The van der Waals surface area contributed by atoms with E-state index in [1.807, 2.05) is 66.0 Å². The molecule has 2 fully saturated rings. The summed E-state index contributed by atoms with van der Waals surface area (Å²) in [4.78, 5) is 58.3. The highest BCUT2D eigenvalue weighted by Gasteiger charge is 2.46. The third-order valence-corrected chi connectivity index (χ3v) is 11.8. The third kappa shape index (κ3) is 10.0. The van der Waals surface area contributed by atoms with Crippen LogP contribution in [0.3, 0.4) is 0 Å². The fourth-order valence-corrected chi connectivity index (χ4v) is 9.63. The number of amides is 2. The van der Waals surface area contributed by atoms with Gasteiger partial charge in [0.1, 0.15) is 22.5 Å². The van der Waals surface area contributed by atoms with Crippen LogP contribution in [0, 0.1) is 0 Å². The number of rotatable bonds is 14. The Morgan fingerprint density at radius 1 is 0.850 bits per heavy atom. The summed E-state index contributed by atoms with van der Waals surface area (Å²) in [7, 11) is 0. The number of carbonyl (C=O) groups is 3. The second-order valence-electron chi connectivity index (χ2n) is 18.0. The van der Waals surface area contributed by atoms with Crippen LogP contribution in [0.15, 0.2) is 18.5 Å². The summed E-state index contributed by atoms with van der Waals surface area (Å²) in [6.07, 6.45) is 9.96. The lowest BCUT2D eigenvalue weighted by Crippen LogP contribution is -2.48. The summed E-state index contributed by atoms with van der Waals surface area (Å²) in [5.74, 6) is -0.200. The Balaban J connectivity index is 1.53. The number of fused-ring (bicyclic) bond motifs is 2. The standard InChI is InChI=1S/C43H60Cl2N8O7/c1-9-57-35(58-10-2)30-21-28-23-47-36(44)50-33(28)52(30)42(19-20-46-38(55)59-40(3,4)5)18-14-15-27(22-42)32-29-24-48-37(45)51-34(29)53(31(32)25-54)43(16-12-11-13-17-43)26-49-39(56)60-41(6,7)8/h21,23-25,27,35H,9-20,22,26H2,1-8H3,(H,46,55)(H,49,56). The molecule has 0 saturated heterocycles. The Labute approximate surface area is 362 Å². The minimum atomic E-state index is -0.740. The molecule has 17 heteroatoms. The van der Waals surface area contributed by atoms with E-state index in [0.717, 1.165) is 60.4 Å². The first kappa shape index (κ1) is 45.5. The van der Waals surface area contributed by atoms with Crippen LogP contribution in [0.2, 0.25) is 10.6 Å². The highest BCUT2D eigenvalue weighted by molar-refractivity contribution is 6.28. The normalized spacial score (nSPS) is 19.8. The number of ether oxygens (including phenoxy) is 4. The Hall–Kier alpha value is -4.05. The molecule has 4 aromatic heterocycles. The maximum absolute atomic E-state index is 13.8. The molecule has 0 aromatic carbocycles. The average Bonchev–Trinajstić information content (AvgIpc) is 3.72. The van der Waals surface area contributed by atoms with Crippen LogP contribution in [0.1, 0.15) is 154 Å². The molecule has 2 aliphatic rings. The first-order chi connectivity index (χ1) is 28.4. The lowest BCUT2D eigenvalue weighted by Gasteiger charge is -2.44. The molecular formula is C43H60Cl2N8O7. The number of alkyl carbamates (subject to hydrolysis) is 2. The van der Waals surface area contributed by atoms with E-state index in [9.17, 15) is 14.4 Å². The SMILES string of the molecule is CCOC(OCC)c1cc2cnc(Cl)nc2n1C1(CCNC(=O)OC(C)(C)C)CCCC(c2c(C=O)n(C3(CNC(=O)OC(C)(C)C)CCCCC3)c3nc(Cl)ncc23)C1. The van der Waals surface area contributed by atoms with Crippen LogP contribution in [-0.4, -0.2) is 85.0 Å². The van der Waals surface area contributed by atoms with Crippen LogP contribution in [-0.2, 0) is 30.0 Å². The molecule has 328 valence electrons. The molecular weight excluding hydrogens is 811 g/mol. The van der Waals surface area contributed by atoms with Gasteiger partial charge in [-0.05, 0) is 135 Å². The van der Waals surface area contributed by atoms with Crippen molar-refractivity contribution >= 4 is 63.7 Å². The maximum Gasteiger partial charge on any atom is 0.407 e. The predicted molar refractivity (Wildman–Crippen MR) is 230 cm³/mol. The zero-order valence-corrected chi connectivity index (χ0v) is 37.7. The number of nitrogens with one attached hydrogen (secondary N) is 2. The van der Waals surface area contributed by atoms with Crippen molar-refractivity contribution in [1.29, 1.82) is 0 Å². The van der Waals surface area contributed by atoms with Crippen molar-refractivity contribution < 1.29 is 33.3 Å². The highest BCUT2D eigenvalue weighted by atomic mass is 35.5. The smallest absolute Gasteiger partial charge is 0.407 e. The molecule has 0 bridgehead atoms. The molecule has 2 atom stereocenters. The van der Waals surface area contributed by atoms with Gasteiger partial charge in [-0.15, -0.1) is 0 Å². The van der Waals surface area contributed by atoms with Crippen molar-refractivity contribution in [3.63, 3.8) is 0 Å². The first-order valence-electron chi connectivity index (χ1n) is 21.2. The van der Waals surface area contributed by atoms with Gasteiger partial charge in [-0.3, -0.25) is 4.79 Å². The second kappa shape index (κ2) is 18.5. The third-order valence-electron chi connectivity index (χ3n) is 11.5. The largest absolute Gasteiger partial charge is 0.444 e. The zero-order chi connectivity index (χ0) is 43.5. The monoisotopic (exact) mass is 870 g/mol. The lowest BCUT2D eigenvalue weighted by atomic mass is 9.70. The Bertz CT molecular complexity index is 2170. The fourth-order valence-electron chi connectivity index (χ4n) is 9.37. The van der Waals surface area contributed by atoms with Gasteiger partial charge in [-0.2, -0.15) is 9.97 Å². The molecule has 4 heterocycles. The Morgan fingerprint density at radius 3 is 2.07 bits per heavy atom. The van der Waals surface area contributed by atoms with Crippen LogP contribution < -0.4 is 10.6 Å². The summed E-state index contributed by atoms with van der Waals surface area (Å²) in [6.45, 7) is 16.1. The van der Waals surface area contributed by atoms with Gasteiger partial charge in [0.2, 0.25) is 10.6 Å². The average molecular weight is 872 g/mol. The number of halogens is 2. The number of aromatic nitrogens is 6. The van der Waals surface area contributed by atoms with E-state index in [1.54, 1.807) is 12.4 Å². The van der Waals surface area contributed by atoms with Crippen molar-refractivity contribution in [2.75, 3.05) is 26.3 Å². The van der Waals surface area contributed by atoms with Crippen molar-refractivity contribution in [2.24, 2.45) is 0 Å². The van der Waals surface area contributed by atoms with Crippen molar-refractivity contribution in [2.45, 2.75) is 154 Å². The van der Waals surface area contributed by atoms with Gasteiger partial charge < -0.3 is 38.7 Å². The zero-order valence-electron chi connectivity index (χ0n) is 36.2. The fraction of sp³-hybridized carbons (Fsp3) is 0.651. The quantitative estimate of drug-likeness (QED) is 0.0702. The molecule has 2 unspecified atom stereocenters. The molecule has 60 heavy (non-hydrogen) atoms. The van der Waals surface area contributed by atoms with E-state index in [-0.39, 0.29) is 29.6 Å². The predicted octanol–water partition coefficient (Wildman–Crippen LogP) is 9.52. The molecule has 2 aliphatic carbocycles. The Morgan fingerprint density at radius 2 is 1.45 bits per heavy atom. The van der Waals surface area contributed by atoms with Gasteiger partial charge in [-0.1, -0.05) is 25.7 Å². The number of carbonyl (C=O) groups excluding carboxylic acids is 3. The molecule has 0 radical (unpaired) electrons. The van der Waals surface area contributed by atoms with E-state index >= 15 is 0 Å². The molecule has 0 spiro atoms. The van der Waals surface area contributed by atoms with Crippen molar-refractivity contribution in [1.82, 2.24) is 39.7 Å². The summed E-state index contributed by atoms with van der Waals surface area (Å²) < 4.78 is 28.0. The number of aldehydes is 1. The van der Waals surface area contributed by atoms with Crippen molar-refractivity contribution in [3.05, 3.63) is 46.0 Å². The molecule has 2 N–H and O–H groups in total. The summed E-state index contributed by atoms with van der Waals surface area (Å²) in [6, 6.07) is 1.98. The summed E-state index contributed by atoms with van der Waals surface area (Å²) in [5.41, 5.74) is 0.411. The van der Waals surface area contributed by atoms with Gasteiger partial charge in [0.15, 0.2) is 12.6 Å². The maximum atomic E-state index is 13.8. The summed E-state index contributed by atoms with van der Waals surface area (Å²) >= 11 is 13.1. The van der Waals surface area contributed by atoms with Gasteiger partial charge in [-0.25, -0.2) is 19.6 Å². The molecule has 0 aliphatic heterocycles. The topological polar surface area (TPSA) is 174 Å². The summed E-state index contributed by atoms with van der Waals surface area (Å²) in [5, 5.41) is 7.66. The highest BCUT2D eigenvalue weighted by Crippen LogP contribution is 2.51. The molecule has 2 amide bonds. The minimum Gasteiger partial charge on any atom is -0.444 e. The number of hydrogen-bond donors (Lipinski definition) is 2. The van der Waals surface area contributed by atoms with Crippen molar-refractivity contribution in [3.8, 4) is 0 Å². The van der Waals surface area contributed by atoms with E-state index in [2.05, 4.69) is 25.2 Å². The van der Waals surface area contributed by atoms with E-state index in [0.29, 0.717) is 62.3 Å². The Kier molecular flexibility index (Phi) is 14.0. The van der Waals surface area contributed by atoms with Crippen LogP contribution >= 0.6 is 23.2 Å². The van der Waals surface area contributed by atoms with E-state index in [1.165, 1.54) is 0 Å². The molecule has 15 nitrogen and oxygen atoms in total.